The van der Waals surface area contributed by atoms with Crippen molar-refractivity contribution >= 4 is 36.6 Å². The molecule has 0 radical (unpaired) electrons. The predicted octanol–water partition coefficient (Wildman–Crippen LogP) is 2.13. The largest absolute Gasteiger partial charge is 0.467 e. The lowest BCUT2D eigenvalue weighted by atomic mass is 9.94. The van der Waals surface area contributed by atoms with Gasteiger partial charge in [0.25, 0.3) is 5.91 Å². The van der Waals surface area contributed by atoms with Crippen LogP contribution >= 0.6 is 24.8 Å². The van der Waals surface area contributed by atoms with E-state index < -0.39 is 0 Å². The molecule has 1 aromatic rings. The Morgan fingerprint density at radius 1 is 1.14 bits per heavy atom. The first kappa shape index (κ1) is 24.8. The van der Waals surface area contributed by atoms with Crippen molar-refractivity contribution in [1.29, 1.82) is 0 Å². The quantitative estimate of drug-likeness (QED) is 0.766. The number of piperazine rings is 1. The second-order valence-corrected chi connectivity index (χ2v) is 7.37. The Balaban J connectivity index is 0.00000196. The molecule has 7 nitrogen and oxygen atoms in total. The predicted molar refractivity (Wildman–Crippen MR) is 113 cm³/mol. The lowest BCUT2D eigenvalue weighted by Crippen LogP contribution is -2.52. The van der Waals surface area contributed by atoms with Gasteiger partial charge in [0.15, 0.2) is 0 Å². The van der Waals surface area contributed by atoms with Crippen molar-refractivity contribution in [2.45, 2.75) is 44.7 Å². The van der Waals surface area contributed by atoms with Crippen LogP contribution in [0.2, 0.25) is 0 Å². The van der Waals surface area contributed by atoms with Gasteiger partial charge in [0.1, 0.15) is 12.0 Å². The number of rotatable bonds is 5. The fourth-order valence-electron chi connectivity index (χ4n) is 3.87. The number of hydrogen-bond acceptors (Lipinski definition) is 5. The summed E-state index contributed by atoms with van der Waals surface area (Å²) in [6.45, 7) is 3.43. The smallest absolute Gasteiger partial charge is 0.257 e. The van der Waals surface area contributed by atoms with Crippen LogP contribution in [0.3, 0.4) is 0 Å². The Hall–Kier alpha value is -1.28. The third-order valence-electron chi connectivity index (χ3n) is 5.64. The number of nitrogens with zero attached hydrogens (tertiary/aromatic N) is 3. The fourth-order valence-corrected chi connectivity index (χ4v) is 3.87. The van der Waals surface area contributed by atoms with Crippen LogP contribution in [0.1, 0.15) is 48.2 Å². The number of halogens is 2. The van der Waals surface area contributed by atoms with Crippen molar-refractivity contribution in [2.75, 3.05) is 39.8 Å². The Kier molecular flexibility index (Phi) is 10.3. The zero-order valence-corrected chi connectivity index (χ0v) is 18.1. The Morgan fingerprint density at radius 2 is 1.79 bits per heavy atom. The van der Waals surface area contributed by atoms with Crippen LogP contribution in [-0.4, -0.2) is 72.3 Å². The van der Waals surface area contributed by atoms with Crippen LogP contribution < -0.4 is 5.73 Å². The van der Waals surface area contributed by atoms with Crippen LogP contribution in [0, 0.1) is 0 Å². The first-order valence-corrected chi connectivity index (χ1v) is 9.63. The molecule has 0 atom stereocenters. The van der Waals surface area contributed by atoms with E-state index in [0.717, 1.165) is 25.9 Å². The molecule has 1 aliphatic carbocycles. The molecule has 0 spiro atoms. The van der Waals surface area contributed by atoms with Gasteiger partial charge in [0.2, 0.25) is 5.91 Å². The molecule has 2 amide bonds. The number of likely N-dealkylation sites (N-methyl/N-ethyl adjacent to an activating group) is 1. The van der Waals surface area contributed by atoms with Gasteiger partial charge in [-0.3, -0.25) is 14.5 Å². The Morgan fingerprint density at radius 3 is 2.36 bits per heavy atom. The van der Waals surface area contributed by atoms with Gasteiger partial charge >= 0.3 is 0 Å². The summed E-state index contributed by atoms with van der Waals surface area (Å²) >= 11 is 0. The summed E-state index contributed by atoms with van der Waals surface area (Å²) in [6, 6.07) is 2.11. The van der Waals surface area contributed by atoms with Gasteiger partial charge in [-0.2, -0.15) is 0 Å². The summed E-state index contributed by atoms with van der Waals surface area (Å²) in [5.41, 5.74) is 6.07. The highest BCUT2D eigenvalue weighted by Crippen LogP contribution is 2.22. The van der Waals surface area contributed by atoms with E-state index in [-0.39, 0.29) is 43.2 Å². The normalized spacial score (nSPS) is 18.1. The third kappa shape index (κ3) is 6.11. The van der Waals surface area contributed by atoms with Gasteiger partial charge in [-0.05, 0) is 18.9 Å². The number of hydrogen-bond donors (Lipinski definition) is 1. The SMILES string of the molecule is CN(C(=O)CN1CCN(C(=O)c2coc(CN)c2)CC1)C1CCCCC1.Cl.Cl. The molecule has 2 heterocycles. The van der Waals surface area contributed by atoms with Gasteiger partial charge in [-0.15, -0.1) is 24.8 Å². The molecule has 28 heavy (non-hydrogen) atoms. The molecule has 0 unspecified atom stereocenters. The molecule has 160 valence electrons. The van der Waals surface area contributed by atoms with E-state index in [1.54, 1.807) is 6.07 Å². The standard InChI is InChI=1S/C19H30N4O3.2ClH/c1-21(16-5-3-2-4-6-16)18(24)13-22-7-9-23(10-8-22)19(25)15-11-17(12-20)26-14-15;;/h11,14,16H,2-10,12-13,20H2,1H3;2*1H. The maximum absolute atomic E-state index is 12.6. The summed E-state index contributed by atoms with van der Waals surface area (Å²) in [7, 11) is 1.94. The zero-order valence-electron chi connectivity index (χ0n) is 16.5. The van der Waals surface area contributed by atoms with E-state index in [1.807, 2.05) is 16.8 Å². The second kappa shape index (κ2) is 11.7. The molecule has 1 saturated heterocycles. The number of carbonyl (C=O) groups is 2. The highest BCUT2D eigenvalue weighted by Gasteiger charge is 2.27. The van der Waals surface area contributed by atoms with E-state index in [9.17, 15) is 9.59 Å². The van der Waals surface area contributed by atoms with E-state index in [4.69, 9.17) is 10.2 Å². The monoisotopic (exact) mass is 434 g/mol. The fraction of sp³-hybridized carbons (Fsp3) is 0.684. The van der Waals surface area contributed by atoms with Gasteiger partial charge in [-0.1, -0.05) is 19.3 Å². The maximum atomic E-state index is 12.6. The van der Waals surface area contributed by atoms with Gasteiger partial charge in [-0.25, -0.2) is 0 Å². The van der Waals surface area contributed by atoms with Crippen molar-refractivity contribution in [1.82, 2.24) is 14.7 Å². The molecule has 1 aliphatic heterocycles. The lowest BCUT2D eigenvalue weighted by Gasteiger charge is -2.36. The van der Waals surface area contributed by atoms with E-state index >= 15 is 0 Å². The van der Waals surface area contributed by atoms with Crippen LogP contribution in [0.25, 0.3) is 0 Å². The minimum atomic E-state index is -0.0289. The molecule has 1 aromatic heterocycles. The topological polar surface area (TPSA) is 83.0 Å². The Bertz CT molecular complexity index is 626. The molecule has 2 fully saturated rings. The first-order chi connectivity index (χ1) is 12.6. The molecule has 2 N–H and O–H groups in total. The highest BCUT2D eigenvalue weighted by molar-refractivity contribution is 5.94. The average molecular weight is 435 g/mol. The highest BCUT2D eigenvalue weighted by atomic mass is 35.5. The summed E-state index contributed by atoms with van der Waals surface area (Å²) in [4.78, 5) is 31.0. The number of furan rings is 1. The van der Waals surface area contributed by atoms with Crippen molar-refractivity contribution in [3.8, 4) is 0 Å². The van der Waals surface area contributed by atoms with Crippen molar-refractivity contribution < 1.29 is 14.0 Å². The molecular weight excluding hydrogens is 403 g/mol. The molecular formula is C19H32Cl2N4O3. The average Bonchev–Trinajstić information content (AvgIpc) is 3.17. The van der Waals surface area contributed by atoms with Crippen molar-refractivity contribution in [3.05, 3.63) is 23.7 Å². The minimum absolute atomic E-state index is 0. The summed E-state index contributed by atoms with van der Waals surface area (Å²) in [6.07, 6.45) is 7.46. The molecule has 2 aliphatic rings. The van der Waals surface area contributed by atoms with Gasteiger partial charge in [0.05, 0.1) is 18.7 Å². The summed E-state index contributed by atoms with van der Waals surface area (Å²) in [5.74, 6) is 0.779. The number of carbonyl (C=O) groups excluding carboxylic acids is 2. The van der Waals surface area contributed by atoms with Crippen LogP contribution in [0.4, 0.5) is 0 Å². The van der Waals surface area contributed by atoms with Crippen LogP contribution in [0.5, 0.6) is 0 Å². The minimum Gasteiger partial charge on any atom is -0.467 e. The molecule has 9 heteroatoms. The van der Waals surface area contributed by atoms with E-state index in [1.165, 1.54) is 25.5 Å². The lowest BCUT2D eigenvalue weighted by molar-refractivity contribution is -0.134. The maximum Gasteiger partial charge on any atom is 0.257 e. The van der Waals surface area contributed by atoms with Crippen LogP contribution in [-0.2, 0) is 11.3 Å². The van der Waals surface area contributed by atoms with Crippen molar-refractivity contribution in [2.24, 2.45) is 5.73 Å². The molecule has 3 rings (SSSR count). The van der Waals surface area contributed by atoms with Crippen LogP contribution in [0.15, 0.2) is 16.7 Å². The summed E-state index contributed by atoms with van der Waals surface area (Å²) < 4.78 is 5.25. The van der Waals surface area contributed by atoms with E-state index in [2.05, 4.69) is 4.90 Å². The first-order valence-electron chi connectivity index (χ1n) is 9.63. The van der Waals surface area contributed by atoms with Gasteiger partial charge < -0.3 is 20.0 Å². The van der Waals surface area contributed by atoms with E-state index in [0.29, 0.717) is 37.0 Å². The molecule has 0 bridgehead atoms. The third-order valence-corrected chi connectivity index (χ3v) is 5.64. The zero-order chi connectivity index (χ0) is 18.5. The summed E-state index contributed by atoms with van der Waals surface area (Å²) in [5, 5.41) is 0. The van der Waals surface area contributed by atoms with Gasteiger partial charge in [0, 0.05) is 39.3 Å². The number of nitrogens with two attached hydrogens (primary N) is 1. The molecule has 0 aromatic carbocycles. The number of amides is 2. The van der Waals surface area contributed by atoms with Crippen molar-refractivity contribution in [3.63, 3.8) is 0 Å². The molecule has 1 saturated carbocycles. The second-order valence-electron chi connectivity index (χ2n) is 7.37. The Labute approximate surface area is 179 Å².